The third-order valence-electron chi connectivity index (χ3n) is 6.56. The molecule has 1 saturated carbocycles. The van der Waals surface area contributed by atoms with Gasteiger partial charge in [0.2, 0.25) is 0 Å². The molecule has 1 aliphatic rings. The van der Waals surface area contributed by atoms with E-state index in [1.807, 2.05) is 12.1 Å². The molecule has 1 fully saturated rings. The fourth-order valence-electron chi connectivity index (χ4n) is 5.06. The van der Waals surface area contributed by atoms with E-state index in [4.69, 9.17) is 13.9 Å². The molecule has 0 saturated heterocycles. The Bertz CT molecular complexity index is 898. The molecule has 2 aromatic rings. The molecule has 0 N–H and O–H groups in total. The fraction of sp³-hybridized carbons (Fsp3) is 0.481. The van der Waals surface area contributed by atoms with Crippen molar-refractivity contribution in [2.45, 2.75) is 77.7 Å². The van der Waals surface area contributed by atoms with Crippen LogP contribution in [-0.4, -0.2) is 38.6 Å². The fourth-order valence-corrected chi connectivity index (χ4v) is 9.84. The summed E-state index contributed by atoms with van der Waals surface area (Å²) in [5.41, 5.74) is 0. The van der Waals surface area contributed by atoms with Crippen molar-refractivity contribution >= 4 is 30.6 Å². The minimum Gasteiger partial charge on any atom is -0.462 e. The topological polar surface area (TPSA) is 61.8 Å². The van der Waals surface area contributed by atoms with E-state index in [9.17, 15) is 9.59 Å². The Hall–Kier alpha value is -2.44. The SMILES string of the molecule is CC(=O)O[C@H]1C[C@H](OC(C)=O)[C@H](C)[C@H](O[Si](c2ccccc2)(c2ccccc2)C(C)(C)C)C1. The van der Waals surface area contributed by atoms with Gasteiger partial charge >= 0.3 is 11.9 Å². The van der Waals surface area contributed by atoms with Crippen LogP contribution in [0.4, 0.5) is 0 Å². The molecule has 33 heavy (non-hydrogen) atoms. The summed E-state index contributed by atoms with van der Waals surface area (Å²) in [5, 5.41) is 2.20. The van der Waals surface area contributed by atoms with Crippen LogP contribution in [0.5, 0.6) is 0 Å². The molecule has 0 aliphatic heterocycles. The predicted molar refractivity (Wildman–Crippen MR) is 132 cm³/mol. The van der Waals surface area contributed by atoms with Crippen molar-refractivity contribution < 1.29 is 23.5 Å². The Balaban J connectivity index is 2.10. The molecule has 0 bridgehead atoms. The van der Waals surface area contributed by atoms with Gasteiger partial charge in [0.05, 0.1) is 6.10 Å². The lowest BCUT2D eigenvalue weighted by molar-refractivity contribution is -0.165. The van der Waals surface area contributed by atoms with Crippen molar-refractivity contribution in [3.8, 4) is 0 Å². The first-order valence-corrected chi connectivity index (χ1v) is 13.6. The average Bonchev–Trinajstić information content (AvgIpc) is 2.74. The molecule has 0 amide bonds. The molecule has 6 heteroatoms. The molecule has 0 spiro atoms. The lowest BCUT2D eigenvalue weighted by Gasteiger charge is -2.49. The van der Waals surface area contributed by atoms with Gasteiger partial charge in [0.15, 0.2) is 0 Å². The monoisotopic (exact) mass is 468 g/mol. The third-order valence-corrected chi connectivity index (χ3v) is 11.6. The van der Waals surface area contributed by atoms with Gasteiger partial charge in [-0.3, -0.25) is 9.59 Å². The Kier molecular flexibility index (Phi) is 7.80. The molecule has 178 valence electrons. The van der Waals surface area contributed by atoms with Crippen LogP contribution in [0.25, 0.3) is 0 Å². The smallest absolute Gasteiger partial charge is 0.302 e. The summed E-state index contributed by atoms with van der Waals surface area (Å²) in [6, 6.07) is 20.9. The predicted octanol–water partition coefficient (Wildman–Crippen LogP) is 4.22. The Morgan fingerprint density at radius 3 is 1.67 bits per heavy atom. The highest BCUT2D eigenvalue weighted by Crippen LogP contribution is 2.41. The van der Waals surface area contributed by atoms with Gasteiger partial charge in [-0.05, 0) is 15.4 Å². The quantitative estimate of drug-likeness (QED) is 0.469. The van der Waals surface area contributed by atoms with Gasteiger partial charge in [0.1, 0.15) is 12.2 Å². The first-order chi connectivity index (χ1) is 15.5. The molecule has 0 radical (unpaired) electrons. The van der Waals surface area contributed by atoms with Gasteiger partial charge in [0.25, 0.3) is 8.32 Å². The molecule has 0 unspecified atom stereocenters. The van der Waals surface area contributed by atoms with E-state index in [-0.39, 0.29) is 41.2 Å². The van der Waals surface area contributed by atoms with Crippen molar-refractivity contribution in [2.24, 2.45) is 5.92 Å². The van der Waals surface area contributed by atoms with Gasteiger partial charge in [-0.15, -0.1) is 0 Å². The minimum absolute atomic E-state index is 0.0395. The van der Waals surface area contributed by atoms with E-state index in [1.165, 1.54) is 24.2 Å². The highest BCUT2D eigenvalue weighted by Gasteiger charge is 2.53. The Labute approximate surface area is 198 Å². The van der Waals surface area contributed by atoms with Crippen LogP contribution in [-0.2, 0) is 23.5 Å². The van der Waals surface area contributed by atoms with Crippen molar-refractivity contribution in [1.29, 1.82) is 0 Å². The molecule has 1 aliphatic carbocycles. The van der Waals surface area contributed by atoms with E-state index in [0.29, 0.717) is 12.8 Å². The van der Waals surface area contributed by atoms with Crippen LogP contribution in [0.3, 0.4) is 0 Å². The number of rotatable bonds is 6. The van der Waals surface area contributed by atoms with Crippen molar-refractivity contribution in [3.05, 3.63) is 60.7 Å². The number of hydrogen-bond acceptors (Lipinski definition) is 5. The lowest BCUT2D eigenvalue weighted by atomic mass is 9.83. The van der Waals surface area contributed by atoms with Crippen molar-refractivity contribution in [1.82, 2.24) is 0 Å². The molecular weight excluding hydrogens is 432 g/mol. The van der Waals surface area contributed by atoms with E-state index in [1.54, 1.807) is 0 Å². The van der Waals surface area contributed by atoms with Crippen LogP contribution in [0.15, 0.2) is 60.7 Å². The zero-order valence-electron chi connectivity index (χ0n) is 20.5. The number of carbonyl (C=O) groups excluding carboxylic acids is 2. The van der Waals surface area contributed by atoms with Crippen LogP contribution in [0.2, 0.25) is 5.04 Å². The van der Waals surface area contributed by atoms with Crippen molar-refractivity contribution in [3.63, 3.8) is 0 Å². The average molecular weight is 469 g/mol. The molecule has 0 heterocycles. The summed E-state index contributed by atoms with van der Waals surface area (Å²) in [6.45, 7) is 11.6. The minimum atomic E-state index is -2.80. The summed E-state index contributed by atoms with van der Waals surface area (Å²) in [7, 11) is -2.80. The standard InChI is InChI=1S/C27H36O5Si/c1-19-25(31-21(3)29)17-22(30-20(2)28)18-26(19)32-33(27(4,5)6,23-13-9-7-10-14-23)24-15-11-8-12-16-24/h7-16,19,22,25-26H,17-18H2,1-6H3/t19-,22-,25-,26+/m0/s1. The van der Waals surface area contributed by atoms with Gasteiger partial charge in [0, 0.05) is 32.6 Å². The van der Waals surface area contributed by atoms with Gasteiger partial charge in [-0.2, -0.15) is 0 Å². The van der Waals surface area contributed by atoms with Crippen LogP contribution in [0, 0.1) is 5.92 Å². The first kappa shape index (κ1) is 25.2. The molecule has 2 aromatic carbocycles. The lowest BCUT2D eigenvalue weighted by Crippen LogP contribution is -2.69. The highest BCUT2D eigenvalue weighted by molar-refractivity contribution is 6.99. The number of ether oxygens (including phenoxy) is 2. The molecule has 4 atom stereocenters. The molecular formula is C27H36O5Si. The van der Waals surface area contributed by atoms with Crippen molar-refractivity contribution in [2.75, 3.05) is 0 Å². The summed E-state index contributed by atoms with van der Waals surface area (Å²) in [4.78, 5) is 23.6. The largest absolute Gasteiger partial charge is 0.462 e. The van der Waals surface area contributed by atoms with Gasteiger partial charge in [-0.1, -0.05) is 88.4 Å². The maximum Gasteiger partial charge on any atom is 0.302 e. The van der Waals surface area contributed by atoms with E-state index in [2.05, 4.69) is 76.2 Å². The van der Waals surface area contributed by atoms with E-state index >= 15 is 0 Å². The van der Waals surface area contributed by atoms with Crippen LogP contribution in [0.1, 0.15) is 54.4 Å². The summed E-state index contributed by atoms with van der Waals surface area (Å²) in [5.74, 6) is -0.706. The summed E-state index contributed by atoms with van der Waals surface area (Å²) >= 11 is 0. The highest BCUT2D eigenvalue weighted by atomic mass is 28.4. The number of esters is 2. The Morgan fingerprint density at radius 1 is 0.788 bits per heavy atom. The second-order valence-electron chi connectivity index (χ2n) is 10.0. The third kappa shape index (κ3) is 5.56. The molecule has 3 rings (SSSR count). The Morgan fingerprint density at radius 2 is 1.24 bits per heavy atom. The number of benzene rings is 2. The first-order valence-electron chi connectivity index (χ1n) is 11.7. The zero-order chi connectivity index (χ0) is 24.2. The van der Waals surface area contributed by atoms with Gasteiger partial charge < -0.3 is 13.9 Å². The number of carbonyl (C=O) groups is 2. The van der Waals surface area contributed by atoms with Crippen LogP contribution < -0.4 is 10.4 Å². The second kappa shape index (κ2) is 10.2. The second-order valence-corrected chi connectivity index (χ2v) is 14.3. The van der Waals surface area contributed by atoms with Crippen LogP contribution >= 0.6 is 0 Å². The molecule has 5 nitrogen and oxygen atoms in total. The maximum atomic E-state index is 11.8. The summed E-state index contributed by atoms with van der Waals surface area (Å²) < 4.78 is 18.6. The maximum absolute atomic E-state index is 11.8. The van der Waals surface area contributed by atoms with Gasteiger partial charge in [-0.25, -0.2) is 0 Å². The molecule has 0 aromatic heterocycles. The zero-order valence-corrected chi connectivity index (χ0v) is 21.5. The van der Waals surface area contributed by atoms with E-state index in [0.717, 1.165) is 0 Å². The van der Waals surface area contributed by atoms with E-state index < -0.39 is 8.32 Å². The number of hydrogen-bond donors (Lipinski definition) is 0. The normalized spacial score (nSPS) is 23.6. The summed E-state index contributed by atoms with van der Waals surface area (Å²) in [6.07, 6.45) is 0.0954.